The molecule has 1 aliphatic heterocycles. The maximum absolute atomic E-state index is 14.2. The van der Waals surface area contributed by atoms with Gasteiger partial charge in [-0.05, 0) is 43.4 Å². The van der Waals surface area contributed by atoms with Crippen LogP contribution < -0.4 is 9.64 Å². The SMILES string of the molecule is CCC(=O)Cc1c(F)cc(OCC[C@@H]2C[C@@H]2C2CCN(c3ncc(COC)cn3)CC2)cc1F. The number of methoxy groups -OCH3 is 1. The van der Waals surface area contributed by atoms with E-state index in [4.69, 9.17) is 9.47 Å². The molecule has 2 heterocycles. The molecule has 0 bridgehead atoms. The summed E-state index contributed by atoms with van der Waals surface area (Å²) in [4.78, 5) is 22.7. The van der Waals surface area contributed by atoms with Crippen molar-refractivity contribution in [1.82, 2.24) is 9.97 Å². The van der Waals surface area contributed by atoms with E-state index in [-0.39, 0.29) is 29.9 Å². The van der Waals surface area contributed by atoms with Gasteiger partial charge in [-0.3, -0.25) is 4.79 Å². The summed E-state index contributed by atoms with van der Waals surface area (Å²) in [5, 5.41) is 0. The molecule has 1 aliphatic carbocycles. The van der Waals surface area contributed by atoms with Gasteiger partial charge < -0.3 is 14.4 Å². The highest BCUT2D eigenvalue weighted by Gasteiger charge is 2.43. The van der Waals surface area contributed by atoms with Crippen LogP contribution in [0.3, 0.4) is 0 Å². The number of hydrogen-bond acceptors (Lipinski definition) is 6. The first-order chi connectivity index (χ1) is 16.5. The van der Waals surface area contributed by atoms with Gasteiger partial charge in [-0.2, -0.15) is 0 Å². The fourth-order valence-corrected chi connectivity index (χ4v) is 4.94. The van der Waals surface area contributed by atoms with Crippen molar-refractivity contribution in [3.05, 3.63) is 47.3 Å². The van der Waals surface area contributed by atoms with Crippen LogP contribution in [0.2, 0.25) is 0 Å². The number of carbonyl (C=O) groups excluding carboxylic acids is 1. The third-order valence-corrected chi connectivity index (χ3v) is 7.05. The Labute approximate surface area is 199 Å². The Morgan fingerprint density at radius 1 is 1.15 bits per heavy atom. The molecule has 2 aliphatic rings. The minimum Gasteiger partial charge on any atom is -0.493 e. The van der Waals surface area contributed by atoms with Crippen molar-refractivity contribution in [2.75, 3.05) is 31.7 Å². The number of benzene rings is 1. The Morgan fingerprint density at radius 3 is 2.44 bits per heavy atom. The Balaban J connectivity index is 1.19. The van der Waals surface area contributed by atoms with Crippen LogP contribution in [0, 0.1) is 29.4 Å². The zero-order valence-corrected chi connectivity index (χ0v) is 19.9. The summed E-state index contributed by atoms with van der Waals surface area (Å²) in [6, 6.07) is 2.37. The van der Waals surface area contributed by atoms with E-state index >= 15 is 0 Å². The van der Waals surface area contributed by atoms with E-state index in [1.807, 2.05) is 12.4 Å². The van der Waals surface area contributed by atoms with Crippen LogP contribution in [0.25, 0.3) is 0 Å². The first kappa shape index (κ1) is 24.5. The Morgan fingerprint density at radius 2 is 1.82 bits per heavy atom. The molecule has 2 atom stereocenters. The van der Waals surface area contributed by atoms with Crippen molar-refractivity contribution in [2.24, 2.45) is 17.8 Å². The number of hydrogen-bond donors (Lipinski definition) is 0. The zero-order chi connectivity index (χ0) is 24.1. The summed E-state index contributed by atoms with van der Waals surface area (Å²) < 4.78 is 39.2. The van der Waals surface area contributed by atoms with Crippen LogP contribution in [-0.2, 0) is 22.6 Å². The van der Waals surface area contributed by atoms with Crippen LogP contribution >= 0.6 is 0 Å². The number of nitrogens with zero attached hydrogens (tertiary/aromatic N) is 3. The number of halogens is 2. The molecular weight excluding hydrogens is 440 g/mol. The quantitative estimate of drug-likeness (QED) is 0.470. The first-order valence-electron chi connectivity index (χ1n) is 12.2. The van der Waals surface area contributed by atoms with E-state index in [9.17, 15) is 13.6 Å². The van der Waals surface area contributed by atoms with Crippen molar-refractivity contribution in [3.63, 3.8) is 0 Å². The third-order valence-electron chi connectivity index (χ3n) is 7.05. The number of aromatic nitrogens is 2. The molecule has 1 aromatic heterocycles. The van der Waals surface area contributed by atoms with Gasteiger partial charge in [0.15, 0.2) is 0 Å². The Bertz CT molecular complexity index is 955. The van der Waals surface area contributed by atoms with Crippen LogP contribution in [0.5, 0.6) is 5.75 Å². The van der Waals surface area contributed by atoms with Gasteiger partial charge in [0, 0.05) is 68.7 Å². The van der Waals surface area contributed by atoms with Crippen molar-refractivity contribution in [3.8, 4) is 5.75 Å². The third kappa shape index (κ3) is 6.09. The first-order valence-corrected chi connectivity index (χ1v) is 12.2. The molecule has 0 amide bonds. The van der Waals surface area contributed by atoms with E-state index in [2.05, 4.69) is 14.9 Å². The predicted octanol–water partition coefficient (Wildman–Crippen LogP) is 4.74. The fraction of sp³-hybridized carbons (Fsp3) is 0.577. The second-order valence-electron chi connectivity index (χ2n) is 9.38. The van der Waals surface area contributed by atoms with Crippen LogP contribution in [0.1, 0.15) is 50.2 Å². The molecule has 184 valence electrons. The Kier molecular flexibility index (Phi) is 8.08. The summed E-state index contributed by atoms with van der Waals surface area (Å²) in [5.41, 5.74) is 0.793. The van der Waals surface area contributed by atoms with Gasteiger partial charge in [0.25, 0.3) is 0 Å². The molecule has 0 N–H and O–H groups in total. The van der Waals surface area contributed by atoms with E-state index in [0.29, 0.717) is 31.0 Å². The van der Waals surface area contributed by atoms with Gasteiger partial charge in [-0.1, -0.05) is 6.92 Å². The van der Waals surface area contributed by atoms with Gasteiger partial charge >= 0.3 is 0 Å². The van der Waals surface area contributed by atoms with Crippen molar-refractivity contribution >= 4 is 11.7 Å². The van der Waals surface area contributed by atoms with E-state index in [1.165, 1.54) is 18.6 Å². The van der Waals surface area contributed by atoms with Crippen molar-refractivity contribution in [1.29, 1.82) is 0 Å². The highest BCUT2D eigenvalue weighted by Crippen LogP contribution is 2.49. The summed E-state index contributed by atoms with van der Waals surface area (Å²) in [7, 11) is 1.66. The summed E-state index contributed by atoms with van der Waals surface area (Å²) in [6.07, 6.45) is 8.01. The fourth-order valence-electron chi connectivity index (χ4n) is 4.94. The minimum absolute atomic E-state index is 0.177. The molecule has 0 spiro atoms. The van der Waals surface area contributed by atoms with Gasteiger partial charge in [-0.25, -0.2) is 18.7 Å². The average Bonchev–Trinajstić information content (AvgIpc) is 3.61. The number of ketones is 1. The second kappa shape index (κ2) is 11.2. The number of piperidine rings is 1. The van der Waals surface area contributed by atoms with E-state index < -0.39 is 11.6 Å². The highest BCUT2D eigenvalue weighted by atomic mass is 19.1. The van der Waals surface area contributed by atoms with Crippen LogP contribution in [-0.4, -0.2) is 42.6 Å². The lowest BCUT2D eigenvalue weighted by molar-refractivity contribution is -0.118. The van der Waals surface area contributed by atoms with E-state index in [1.54, 1.807) is 14.0 Å². The average molecular weight is 474 g/mol. The molecule has 2 fully saturated rings. The summed E-state index contributed by atoms with van der Waals surface area (Å²) in [6.45, 7) is 4.55. The molecule has 2 aromatic rings. The molecule has 1 aromatic carbocycles. The lowest BCUT2D eigenvalue weighted by Gasteiger charge is -2.32. The molecule has 6 nitrogen and oxygen atoms in total. The topological polar surface area (TPSA) is 64.5 Å². The smallest absolute Gasteiger partial charge is 0.225 e. The molecule has 4 rings (SSSR count). The second-order valence-corrected chi connectivity index (χ2v) is 9.38. The van der Waals surface area contributed by atoms with Crippen LogP contribution in [0.4, 0.5) is 14.7 Å². The number of Topliss-reactive ketones (excluding diaryl/α,β-unsaturated/α-hetero) is 1. The lowest BCUT2D eigenvalue weighted by atomic mass is 9.90. The van der Waals surface area contributed by atoms with Crippen LogP contribution in [0.15, 0.2) is 24.5 Å². The van der Waals surface area contributed by atoms with Crippen molar-refractivity contribution < 1.29 is 23.0 Å². The monoisotopic (exact) mass is 473 g/mol. The molecule has 1 saturated carbocycles. The van der Waals surface area contributed by atoms with Gasteiger partial charge in [0.2, 0.25) is 5.95 Å². The number of rotatable bonds is 11. The maximum atomic E-state index is 14.2. The highest BCUT2D eigenvalue weighted by molar-refractivity contribution is 5.80. The molecular formula is C26H33F2N3O3. The predicted molar refractivity (Wildman–Crippen MR) is 125 cm³/mol. The lowest BCUT2D eigenvalue weighted by Crippen LogP contribution is -2.35. The Hall–Kier alpha value is -2.61. The van der Waals surface area contributed by atoms with Gasteiger partial charge in [0.1, 0.15) is 23.2 Å². The molecule has 0 unspecified atom stereocenters. The van der Waals surface area contributed by atoms with Crippen molar-refractivity contribution in [2.45, 2.75) is 52.1 Å². The van der Waals surface area contributed by atoms with Gasteiger partial charge in [-0.15, -0.1) is 0 Å². The number of ether oxygens (including phenoxy) is 2. The largest absolute Gasteiger partial charge is 0.493 e. The minimum atomic E-state index is -0.717. The number of anilines is 1. The summed E-state index contributed by atoms with van der Waals surface area (Å²) in [5.74, 6) is 1.34. The van der Waals surface area contributed by atoms with E-state index in [0.717, 1.165) is 43.9 Å². The van der Waals surface area contributed by atoms with Gasteiger partial charge in [0.05, 0.1) is 13.2 Å². The molecule has 34 heavy (non-hydrogen) atoms. The normalized spacial score (nSPS) is 20.4. The molecule has 8 heteroatoms. The maximum Gasteiger partial charge on any atom is 0.225 e. The molecule has 0 radical (unpaired) electrons. The zero-order valence-electron chi connectivity index (χ0n) is 19.9. The number of carbonyl (C=O) groups is 1. The standard InChI is InChI=1S/C26H33F2N3O3/c1-3-20(32)11-23-24(27)12-21(13-25(23)28)34-9-6-19-10-22(19)18-4-7-31(8-5-18)26-29-14-17(15-30-26)16-33-2/h12-15,18-19,22H,3-11,16H2,1-2H3/t19-,22-/m1/s1. The summed E-state index contributed by atoms with van der Waals surface area (Å²) >= 11 is 0. The molecule has 1 saturated heterocycles.